The van der Waals surface area contributed by atoms with E-state index in [1.54, 1.807) is 36.4 Å². The van der Waals surface area contributed by atoms with Crippen molar-refractivity contribution in [2.75, 3.05) is 0 Å². The zero-order chi connectivity index (χ0) is 20.2. The van der Waals surface area contributed by atoms with Crippen LogP contribution in [0.1, 0.15) is 5.56 Å². The van der Waals surface area contributed by atoms with Crippen molar-refractivity contribution < 1.29 is 16.8 Å². The number of sulfonamides is 2. The van der Waals surface area contributed by atoms with Gasteiger partial charge in [-0.25, -0.2) is 16.8 Å². The summed E-state index contributed by atoms with van der Waals surface area (Å²) in [5.74, 6) is 0. The molecule has 144 valence electrons. The summed E-state index contributed by atoms with van der Waals surface area (Å²) in [6.45, 7) is 0. The van der Waals surface area contributed by atoms with Gasteiger partial charge in [0.05, 0.1) is 9.79 Å². The summed E-state index contributed by atoms with van der Waals surface area (Å²) >= 11 is 5.95. The van der Waals surface area contributed by atoms with Crippen molar-refractivity contribution in [3.63, 3.8) is 0 Å². The Morgan fingerprint density at radius 2 is 1.18 bits per heavy atom. The maximum absolute atomic E-state index is 13.1. The smallest absolute Gasteiger partial charge is 0.200 e. The maximum Gasteiger partial charge on any atom is 0.277 e. The fourth-order valence-corrected chi connectivity index (χ4v) is 6.05. The van der Waals surface area contributed by atoms with Crippen LogP contribution in [0.3, 0.4) is 0 Å². The van der Waals surface area contributed by atoms with E-state index in [-0.39, 0.29) is 9.79 Å². The van der Waals surface area contributed by atoms with Gasteiger partial charge in [0, 0.05) is 11.2 Å². The van der Waals surface area contributed by atoms with Gasteiger partial charge in [0.1, 0.15) is 0 Å². The highest BCUT2D eigenvalue weighted by atomic mass is 35.5. The van der Waals surface area contributed by atoms with Crippen LogP contribution in [-0.4, -0.2) is 20.5 Å². The van der Waals surface area contributed by atoms with Gasteiger partial charge in [0.2, 0.25) is 0 Å². The number of hydrogen-bond donors (Lipinski definition) is 0. The first-order valence-corrected chi connectivity index (χ1v) is 11.4. The first kappa shape index (κ1) is 20.1. The van der Waals surface area contributed by atoms with Crippen LogP contribution in [0.25, 0.3) is 6.08 Å². The number of halogens is 1. The quantitative estimate of drug-likeness (QED) is 0.578. The number of benzene rings is 3. The maximum atomic E-state index is 13.1. The molecule has 8 heteroatoms. The molecular formula is C20H16ClNO4S2. The highest BCUT2D eigenvalue weighted by molar-refractivity contribution is 8.04. The summed E-state index contributed by atoms with van der Waals surface area (Å²) in [5.41, 5.74) is 0.559. The third-order valence-electron chi connectivity index (χ3n) is 3.79. The summed E-state index contributed by atoms with van der Waals surface area (Å²) in [5, 5.41) is 0.450. The zero-order valence-corrected chi connectivity index (χ0v) is 16.9. The van der Waals surface area contributed by atoms with E-state index in [1.165, 1.54) is 54.6 Å². The number of nitrogens with zero attached hydrogens (tertiary/aromatic N) is 1. The van der Waals surface area contributed by atoms with E-state index in [0.29, 0.717) is 14.3 Å². The summed E-state index contributed by atoms with van der Waals surface area (Å²) in [6, 6.07) is 21.4. The van der Waals surface area contributed by atoms with Crippen molar-refractivity contribution in [3.05, 3.63) is 102 Å². The topological polar surface area (TPSA) is 71.5 Å². The Morgan fingerprint density at radius 1 is 0.679 bits per heavy atom. The zero-order valence-electron chi connectivity index (χ0n) is 14.5. The molecule has 0 unspecified atom stereocenters. The molecule has 0 bridgehead atoms. The van der Waals surface area contributed by atoms with E-state index in [0.717, 1.165) is 6.20 Å². The molecule has 3 aromatic carbocycles. The third-order valence-corrected chi connectivity index (χ3v) is 8.13. The Balaban J connectivity index is 2.14. The van der Waals surface area contributed by atoms with Crippen LogP contribution < -0.4 is 0 Å². The Hall–Kier alpha value is -2.61. The van der Waals surface area contributed by atoms with Crippen molar-refractivity contribution >= 4 is 37.7 Å². The van der Waals surface area contributed by atoms with Crippen molar-refractivity contribution in [2.45, 2.75) is 9.79 Å². The van der Waals surface area contributed by atoms with Gasteiger partial charge < -0.3 is 0 Å². The van der Waals surface area contributed by atoms with Crippen molar-refractivity contribution in [1.82, 2.24) is 3.71 Å². The first-order chi connectivity index (χ1) is 13.3. The molecule has 0 aliphatic rings. The van der Waals surface area contributed by atoms with E-state index in [1.807, 2.05) is 0 Å². The van der Waals surface area contributed by atoms with Crippen molar-refractivity contribution in [3.8, 4) is 0 Å². The lowest BCUT2D eigenvalue weighted by Crippen LogP contribution is -2.32. The molecule has 0 fully saturated rings. The Labute approximate surface area is 169 Å². The minimum atomic E-state index is -4.36. The fraction of sp³-hybridized carbons (Fsp3) is 0. The molecule has 0 heterocycles. The Bertz CT molecular complexity index is 1120. The van der Waals surface area contributed by atoms with Gasteiger partial charge in [0.25, 0.3) is 20.0 Å². The molecule has 28 heavy (non-hydrogen) atoms. The third kappa shape index (κ3) is 4.27. The van der Waals surface area contributed by atoms with Crippen molar-refractivity contribution in [2.24, 2.45) is 0 Å². The van der Waals surface area contributed by atoms with Crippen LogP contribution in [-0.2, 0) is 20.0 Å². The lowest BCUT2D eigenvalue weighted by Gasteiger charge is -2.20. The van der Waals surface area contributed by atoms with Crippen LogP contribution in [0.2, 0.25) is 5.02 Å². The van der Waals surface area contributed by atoms with Crippen LogP contribution in [0.15, 0.2) is 101 Å². The number of rotatable bonds is 6. The lowest BCUT2D eigenvalue weighted by molar-refractivity contribution is 0.537. The average Bonchev–Trinajstić information content (AvgIpc) is 2.69. The molecule has 0 saturated carbocycles. The van der Waals surface area contributed by atoms with E-state index < -0.39 is 20.0 Å². The second-order valence-corrected chi connectivity index (χ2v) is 10.0. The molecule has 0 atom stereocenters. The van der Waals surface area contributed by atoms with Crippen LogP contribution >= 0.6 is 11.6 Å². The normalized spacial score (nSPS) is 12.2. The van der Waals surface area contributed by atoms with E-state index in [9.17, 15) is 16.8 Å². The van der Waals surface area contributed by atoms with Gasteiger partial charge in [-0.2, -0.15) is 3.71 Å². The predicted molar refractivity (Wildman–Crippen MR) is 110 cm³/mol. The van der Waals surface area contributed by atoms with E-state index in [2.05, 4.69) is 0 Å². The second kappa shape index (κ2) is 8.18. The SMILES string of the molecule is O=S(=O)(c1ccccc1)N(/C=C/c1cccc(Cl)c1)S(=O)(=O)c1ccccc1. The monoisotopic (exact) mass is 433 g/mol. The second-order valence-electron chi connectivity index (χ2n) is 5.73. The Kier molecular flexibility index (Phi) is 5.88. The molecule has 0 amide bonds. The summed E-state index contributed by atoms with van der Waals surface area (Å²) in [4.78, 5) is -0.268. The van der Waals surface area contributed by atoms with Gasteiger partial charge in [-0.05, 0) is 48.0 Å². The standard InChI is InChI=1S/C20H16ClNO4S2/c21-18-9-7-8-17(16-18)14-15-22(27(23,24)19-10-3-1-4-11-19)28(25,26)20-12-5-2-6-13-20/h1-16H/b15-14+. The minimum Gasteiger partial charge on any atom is -0.200 e. The van der Waals surface area contributed by atoms with E-state index in [4.69, 9.17) is 11.6 Å². The molecule has 3 aromatic rings. The van der Waals surface area contributed by atoms with Gasteiger partial charge >= 0.3 is 0 Å². The average molecular weight is 434 g/mol. The van der Waals surface area contributed by atoms with Gasteiger partial charge in [0.15, 0.2) is 0 Å². The molecule has 0 saturated heterocycles. The van der Waals surface area contributed by atoms with Crippen LogP contribution in [0.5, 0.6) is 0 Å². The van der Waals surface area contributed by atoms with Crippen LogP contribution in [0, 0.1) is 0 Å². The van der Waals surface area contributed by atoms with Crippen LogP contribution in [0.4, 0.5) is 0 Å². The predicted octanol–water partition coefficient (Wildman–Crippen LogP) is 4.39. The van der Waals surface area contributed by atoms with Gasteiger partial charge in [-0.15, -0.1) is 0 Å². The largest absolute Gasteiger partial charge is 0.277 e. The fourth-order valence-electron chi connectivity index (χ4n) is 2.44. The molecular weight excluding hydrogens is 418 g/mol. The molecule has 3 rings (SSSR count). The minimum absolute atomic E-state index is 0.134. The highest BCUT2D eigenvalue weighted by Crippen LogP contribution is 2.25. The van der Waals surface area contributed by atoms with Gasteiger partial charge in [-0.3, -0.25) is 0 Å². The summed E-state index contributed by atoms with van der Waals surface area (Å²) < 4.78 is 52.8. The molecule has 0 aliphatic heterocycles. The van der Waals surface area contributed by atoms with Gasteiger partial charge in [-0.1, -0.05) is 60.1 Å². The molecule has 0 N–H and O–H groups in total. The first-order valence-electron chi connectivity index (χ1n) is 8.15. The molecule has 0 radical (unpaired) electrons. The summed E-state index contributed by atoms with van der Waals surface area (Å²) in [6.07, 6.45) is 2.41. The molecule has 0 spiro atoms. The van der Waals surface area contributed by atoms with E-state index >= 15 is 0 Å². The molecule has 0 aromatic heterocycles. The van der Waals surface area contributed by atoms with Crippen molar-refractivity contribution in [1.29, 1.82) is 0 Å². The Morgan fingerprint density at radius 3 is 1.64 bits per heavy atom. The highest BCUT2D eigenvalue weighted by Gasteiger charge is 2.33. The molecule has 5 nitrogen and oxygen atoms in total. The number of hydrogen-bond acceptors (Lipinski definition) is 4. The molecule has 0 aliphatic carbocycles. The lowest BCUT2D eigenvalue weighted by atomic mass is 10.2. The summed E-state index contributed by atoms with van der Waals surface area (Å²) in [7, 11) is -8.72.